The van der Waals surface area contributed by atoms with Gasteiger partial charge in [0.1, 0.15) is 0 Å². The Labute approximate surface area is 94.7 Å². The van der Waals surface area contributed by atoms with E-state index in [4.69, 9.17) is 4.74 Å². The highest BCUT2D eigenvalue weighted by Gasteiger charge is 2.26. The van der Waals surface area contributed by atoms with Gasteiger partial charge in [0.25, 0.3) is 0 Å². The van der Waals surface area contributed by atoms with Crippen LogP contribution in [0.2, 0.25) is 0 Å². The van der Waals surface area contributed by atoms with Crippen LogP contribution in [0.4, 0.5) is 4.79 Å². The predicted octanol–water partition coefficient (Wildman–Crippen LogP) is 0.922. The van der Waals surface area contributed by atoms with E-state index in [1.807, 2.05) is 16.7 Å². The number of carbonyl (C=O) groups excluding carboxylic acids is 1. The van der Waals surface area contributed by atoms with Gasteiger partial charge in [-0.2, -0.15) is 11.8 Å². The monoisotopic (exact) mass is 230 g/mol. The van der Waals surface area contributed by atoms with Crippen molar-refractivity contribution >= 4 is 17.8 Å². The summed E-state index contributed by atoms with van der Waals surface area (Å²) >= 11 is 1.92. The third-order valence-electron chi connectivity index (χ3n) is 2.89. The summed E-state index contributed by atoms with van der Waals surface area (Å²) in [5.41, 5.74) is 0. The zero-order valence-corrected chi connectivity index (χ0v) is 9.89. The smallest absolute Gasteiger partial charge is 0.317 e. The fraction of sp³-hybridized carbons (Fsp3) is 0.900. The minimum absolute atomic E-state index is 0.0818. The second-order valence-electron chi connectivity index (χ2n) is 4.13. The summed E-state index contributed by atoms with van der Waals surface area (Å²) in [6, 6.07) is 0.656. The molecule has 86 valence electrons. The van der Waals surface area contributed by atoms with E-state index >= 15 is 0 Å². The Bertz CT molecular complexity index is 231. The van der Waals surface area contributed by atoms with Crippen LogP contribution in [0.1, 0.15) is 13.3 Å². The summed E-state index contributed by atoms with van der Waals surface area (Å²) in [7, 11) is 0. The van der Waals surface area contributed by atoms with Crippen molar-refractivity contribution in [2.75, 3.05) is 31.3 Å². The zero-order valence-electron chi connectivity index (χ0n) is 9.07. The average molecular weight is 230 g/mol. The molecule has 2 aliphatic heterocycles. The molecular weight excluding hydrogens is 212 g/mol. The van der Waals surface area contributed by atoms with Crippen molar-refractivity contribution < 1.29 is 9.53 Å². The number of rotatable bonds is 1. The van der Waals surface area contributed by atoms with E-state index in [0.717, 1.165) is 31.1 Å². The van der Waals surface area contributed by atoms with Crippen molar-refractivity contribution in [2.45, 2.75) is 25.4 Å². The van der Waals surface area contributed by atoms with Crippen molar-refractivity contribution in [3.8, 4) is 0 Å². The molecule has 4 nitrogen and oxygen atoms in total. The lowest BCUT2D eigenvalue weighted by atomic mass is 10.2. The molecule has 0 spiro atoms. The molecule has 0 aromatic heterocycles. The van der Waals surface area contributed by atoms with Gasteiger partial charge in [-0.25, -0.2) is 4.79 Å². The first kappa shape index (κ1) is 11.1. The molecule has 2 atom stereocenters. The molecule has 2 aliphatic rings. The van der Waals surface area contributed by atoms with Gasteiger partial charge in [-0.15, -0.1) is 0 Å². The van der Waals surface area contributed by atoms with Crippen LogP contribution in [0.15, 0.2) is 0 Å². The first-order valence-electron chi connectivity index (χ1n) is 5.50. The largest absolute Gasteiger partial charge is 0.379 e. The second-order valence-corrected chi connectivity index (χ2v) is 5.28. The quantitative estimate of drug-likeness (QED) is 0.728. The zero-order chi connectivity index (χ0) is 10.7. The highest BCUT2D eigenvalue weighted by Crippen LogP contribution is 2.16. The molecule has 1 N–H and O–H groups in total. The molecule has 0 saturated carbocycles. The number of thioether (sulfide) groups is 1. The van der Waals surface area contributed by atoms with Crippen LogP contribution in [0, 0.1) is 0 Å². The Morgan fingerprint density at radius 3 is 3.13 bits per heavy atom. The lowest BCUT2D eigenvalue weighted by molar-refractivity contribution is 0.171. The van der Waals surface area contributed by atoms with Gasteiger partial charge >= 0.3 is 6.03 Å². The summed E-state index contributed by atoms with van der Waals surface area (Å²) in [6.45, 7) is 4.42. The van der Waals surface area contributed by atoms with Gasteiger partial charge < -0.3 is 15.0 Å². The Kier molecular flexibility index (Phi) is 3.75. The Balaban J connectivity index is 1.83. The van der Waals surface area contributed by atoms with Crippen LogP contribution in [-0.4, -0.2) is 54.3 Å². The van der Waals surface area contributed by atoms with Gasteiger partial charge in [0.05, 0.1) is 12.6 Å². The second kappa shape index (κ2) is 5.07. The van der Waals surface area contributed by atoms with Crippen molar-refractivity contribution in [3.63, 3.8) is 0 Å². The van der Waals surface area contributed by atoms with Crippen molar-refractivity contribution in [3.05, 3.63) is 0 Å². The van der Waals surface area contributed by atoms with Crippen LogP contribution in [0.25, 0.3) is 0 Å². The number of hydrogen-bond donors (Lipinski definition) is 1. The maximum absolute atomic E-state index is 11.9. The van der Waals surface area contributed by atoms with Crippen LogP contribution >= 0.6 is 11.8 Å². The van der Waals surface area contributed by atoms with Gasteiger partial charge in [-0.3, -0.25) is 0 Å². The molecular formula is C10H18N2O2S. The Hall–Kier alpha value is -0.420. The van der Waals surface area contributed by atoms with Gasteiger partial charge in [-0.05, 0) is 13.3 Å². The van der Waals surface area contributed by atoms with E-state index in [9.17, 15) is 4.79 Å². The molecule has 2 fully saturated rings. The Morgan fingerprint density at radius 2 is 2.47 bits per heavy atom. The van der Waals surface area contributed by atoms with E-state index in [0.29, 0.717) is 12.6 Å². The van der Waals surface area contributed by atoms with E-state index in [-0.39, 0.29) is 12.1 Å². The topological polar surface area (TPSA) is 41.6 Å². The van der Waals surface area contributed by atoms with Crippen LogP contribution in [0.3, 0.4) is 0 Å². The Morgan fingerprint density at radius 1 is 1.60 bits per heavy atom. The maximum atomic E-state index is 11.9. The average Bonchev–Trinajstić information content (AvgIpc) is 2.71. The van der Waals surface area contributed by atoms with Crippen molar-refractivity contribution in [1.29, 1.82) is 0 Å². The number of amides is 2. The van der Waals surface area contributed by atoms with E-state index in [1.54, 1.807) is 0 Å². The number of hydrogen-bond acceptors (Lipinski definition) is 3. The summed E-state index contributed by atoms with van der Waals surface area (Å²) in [5, 5.41) is 3.03. The molecule has 5 heteroatoms. The molecule has 2 heterocycles. The number of nitrogens with one attached hydrogen (secondary N) is 1. The molecule has 15 heavy (non-hydrogen) atoms. The van der Waals surface area contributed by atoms with Gasteiger partial charge in [0, 0.05) is 30.7 Å². The third kappa shape index (κ3) is 2.78. The van der Waals surface area contributed by atoms with Crippen molar-refractivity contribution in [1.82, 2.24) is 10.2 Å². The van der Waals surface area contributed by atoms with Gasteiger partial charge in [-0.1, -0.05) is 0 Å². The molecule has 2 rings (SSSR count). The number of urea groups is 1. The van der Waals surface area contributed by atoms with E-state index in [2.05, 4.69) is 12.2 Å². The fourth-order valence-electron chi connectivity index (χ4n) is 1.93. The fourth-order valence-corrected chi connectivity index (χ4v) is 2.95. The first-order chi connectivity index (χ1) is 7.27. The normalized spacial score (nSPS) is 31.7. The number of nitrogens with zero attached hydrogens (tertiary/aromatic N) is 1. The van der Waals surface area contributed by atoms with E-state index < -0.39 is 0 Å². The molecule has 2 amide bonds. The minimum atomic E-state index is 0.0818. The molecule has 0 radical (unpaired) electrons. The molecule has 2 saturated heterocycles. The highest BCUT2D eigenvalue weighted by atomic mass is 32.2. The standard InChI is InChI=1S/C10H18N2O2S/c1-8-7-15-5-3-12(8)10(13)11-9-2-4-14-6-9/h8-9H,2-7H2,1H3,(H,11,13). The first-order valence-corrected chi connectivity index (χ1v) is 6.65. The molecule has 0 bridgehead atoms. The summed E-state index contributed by atoms with van der Waals surface area (Å²) < 4.78 is 5.23. The highest BCUT2D eigenvalue weighted by molar-refractivity contribution is 7.99. The summed E-state index contributed by atoms with van der Waals surface area (Å²) in [6.07, 6.45) is 0.947. The maximum Gasteiger partial charge on any atom is 0.317 e. The number of ether oxygens (including phenoxy) is 1. The van der Waals surface area contributed by atoms with Crippen LogP contribution < -0.4 is 5.32 Å². The predicted molar refractivity (Wildman–Crippen MR) is 61.2 cm³/mol. The van der Waals surface area contributed by atoms with Crippen LogP contribution in [-0.2, 0) is 4.74 Å². The number of carbonyl (C=O) groups is 1. The third-order valence-corrected chi connectivity index (χ3v) is 4.08. The summed E-state index contributed by atoms with van der Waals surface area (Å²) in [4.78, 5) is 13.9. The van der Waals surface area contributed by atoms with Crippen molar-refractivity contribution in [2.24, 2.45) is 0 Å². The lowest BCUT2D eigenvalue weighted by Gasteiger charge is -2.33. The van der Waals surface area contributed by atoms with E-state index in [1.165, 1.54) is 0 Å². The van der Waals surface area contributed by atoms with Crippen LogP contribution in [0.5, 0.6) is 0 Å². The minimum Gasteiger partial charge on any atom is -0.379 e. The lowest BCUT2D eigenvalue weighted by Crippen LogP contribution is -2.51. The molecule has 0 aromatic carbocycles. The van der Waals surface area contributed by atoms with Gasteiger partial charge in [0.2, 0.25) is 0 Å². The van der Waals surface area contributed by atoms with Gasteiger partial charge in [0.15, 0.2) is 0 Å². The molecule has 0 aromatic rings. The summed E-state index contributed by atoms with van der Waals surface area (Å²) in [5.74, 6) is 2.10. The molecule has 2 unspecified atom stereocenters. The SMILES string of the molecule is CC1CSCCN1C(=O)NC1CCOC1. The molecule has 0 aliphatic carbocycles.